The molecular formula is C14H18Br2N2. The summed E-state index contributed by atoms with van der Waals surface area (Å²) in [5.41, 5.74) is 0. The lowest BCUT2D eigenvalue weighted by molar-refractivity contribution is 0.429. The van der Waals surface area contributed by atoms with Crippen LogP contribution in [0.25, 0.3) is 0 Å². The number of rotatable bonds is 2. The Labute approximate surface area is 125 Å². The summed E-state index contributed by atoms with van der Waals surface area (Å²) in [5, 5.41) is 0. The Kier molecular flexibility index (Phi) is 3.94. The third-order valence-corrected chi connectivity index (χ3v) is 5.32. The third kappa shape index (κ3) is 2.46. The number of hydrogen-bond acceptors (Lipinski definition) is 2. The fraction of sp³-hybridized carbons (Fsp3) is 0.643. The van der Waals surface area contributed by atoms with Crippen molar-refractivity contribution in [3.05, 3.63) is 21.2 Å². The van der Waals surface area contributed by atoms with E-state index in [4.69, 9.17) is 0 Å². The summed E-state index contributed by atoms with van der Waals surface area (Å²) >= 11 is 7.13. The fourth-order valence-electron chi connectivity index (χ4n) is 3.51. The van der Waals surface area contributed by atoms with E-state index in [-0.39, 0.29) is 0 Å². The Morgan fingerprint density at radius 2 is 1.89 bits per heavy atom. The van der Waals surface area contributed by atoms with E-state index in [1.54, 1.807) is 0 Å². The number of aromatic nitrogens is 1. The van der Waals surface area contributed by atoms with Crippen LogP contribution in [0.5, 0.6) is 0 Å². The lowest BCUT2D eigenvalue weighted by Gasteiger charge is -2.31. The first-order valence-electron chi connectivity index (χ1n) is 6.83. The lowest BCUT2D eigenvalue weighted by atomic mass is 9.96. The maximum absolute atomic E-state index is 4.61. The first-order chi connectivity index (χ1) is 8.75. The van der Waals surface area contributed by atoms with Crippen LogP contribution in [0.15, 0.2) is 21.2 Å². The number of hydrogen-bond donors (Lipinski definition) is 0. The predicted octanol–water partition coefficient (Wildman–Crippen LogP) is 4.77. The van der Waals surface area contributed by atoms with Crippen molar-refractivity contribution in [2.75, 3.05) is 11.4 Å². The van der Waals surface area contributed by atoms with Gasteiger partial charge in [-0.3, -0.25) is 0 Å². The molecule has 0 N–H and O–H groups in total. The molecular weight excluding hydrogens is 356 g/mol. The summed E-state index contributed by atoms with van der Waals surface area (Å²) < 4.78 is 2.15. The van der Waals surface area contributed by atoms with Crippen molar-refractivity contribution in [1.82, 2.24) is 4.98 Å². The van der Waals surface area contributed by atoms with Crippen LogP contribution in [-0.2, 0) is 0 Å². The van der Waals surface area contributed by atoms with Crippen LogP contribution in [0.4, 0.5) is 5.82 Å². The van der Waals surface area contributed by atoms with E-state index in [0.717, 1.165) is 33.3 Å². The molecule has 2 heterocycles. The van der Waals surface area contributed by atoms with Gasteiger partial charge in [0.15, 0.2) is 0 Å². The molecule has 2 fully saturated rings. The Morgan fingerprint density at radius 1 is 1.11 bits per heavy atom. The Hall–Kier alpha value is -0.0900. The summed E-state index contributed by atoms with van der Waals surface area (Å²) in [7, 11) is 0. The first kappa shape index (κ1) is 12.9. The van der Waals surface area contributed by atoms with Gasteiger partial charge in [0.25, 0.3) is 0 Å². The second-order valence-electron chi connectivity index (χ2n) is 5.41. The van der Waals surface area contributed by atoms with Crippen LogP contribution in [0, 0.1) is 5.92 Å². The van der Waals surface area contributed by atoms with Gasteiger partial charge in [-0.1, -0.05) is 12.8 Å². The average molecular weight is 374 g/mol. The van der Waals surface area contributed by atoms with Gasteiger partial charge < -0.3 is 4.90 Å². The van der Waals surface area contributed by atoms with Crippen LogP contribution in [-0.4, -0.2) is 17.6 Å². The van der Waals surface area contributed by atoms with Crippen molar-refractivity contribution in [3.8, 4) is 0 Å². The minimum Gasteiger partial charge on any atom is -0.352 e. The molecule has 1 aliphatic carbocycles. The molecule has 0 amide bonds. The van der Waals surface area contributed by atoms with E-state index in [2.05, 4.69) is 47.8 Å². The van der Waals surface area contributed by atoms with E-state index in [9.17, 15) is 0 Å². The molecule has 18 heavy (non-hydrogen) atoms. The molecule has 4 heteroatoms. The lowest BCUT2D eigenvalue weighted by Crippen LogP contribution is -2.35. The number of halogens is 2. The summed E-state index contributed by atoms with van der Waals surface area (Å²) in [5.74, 6) is 2.03. The van der Waals surface area contributed by atoms with Crippen LogP contribution in [0.2, 0.25) is 0 Å². The summed E-state index contributed by atoms with van der Waals surface area (Å²) in [6.45, 7) is 1.16. The Bertz CT molecular complexity index is 430. The number of nitrogens with zero attached hydrogens (tertiary/aromatic N) is 2. The first-order valence-corrected chi connectivity index (χ1v) is 8.42. The predicted molar refractivity (Wildman–Crippen MR) is 82.0 cm³/mol. The number of anilines is 1. The van der Waals surface area contributed by atoms with Crippen molar-refractivity contribution in [1.29, 1.82) is 0 Å². The van der Waals surface area contributed by atoms with E-state index in [0.29, 0.717) is 0 Å². The zero-order valence-electron chi connectivity index (χ0n) is 10.4. The van der Waals surface area contributed by atoms with Gasteiger partial charge in [0.2, 0.25) is 0 Å². The van der Waals surface area contributed by atoms with Crippen molar-refractivity contribution < 1.29 is 0 Å². The highest BCUT2D eigenvalue weighted by Crippen LogP contribution is 2.39. The van der Waals surface area contributed by atoms with Gasteiger partial charge in [-0.25, -0.2) is 4.98 Å². The van der Waals surface area contributed by atoms with Gasteiger partial charge in [0.1, 0.15) is 5.82 Å². The van der Waals surface area contributed by atoms with Crippen molar-refractivity contribution in [3.63, 3.8) is 0 Å². The number of pyridine rings is 1. The molecule has 0 radical (unpaired) electrons. The van der Waals surface area contributed by atoms with E-state index >= 15 is 0 Å². The van der Waals surface area contributed by atoms with E-state index < -0.39 is 0 Å². The highest BCUT2D eigenvalue weighted by Gasteiger charge is 2.34. The SMILES string of the molecule is Brc1cnc(N2CCCC2C2CCCC2)c(Br)c1. The highest BCUT2D eigenvalue weighted by molar-refractivity contribution is 9.11. The molecule has 1 saturated carbocycles. The Morgan fingerprint density at radius 3 is 2.61 bits per heavy atom. The van der Waals surface area contributed by atoms with Gasteiger partial charge in [0.05, 0.1) is 4.47 Å². The molecule has 0 bridgehead atoms. The average Bonchev–Trinajstić information content (AvgIpc) is 2.98. The molecule has 1 atom stereocenters. The quantitative estimate of drug-likeness (QED) is 0.742. The maximum atomic E-state index is 4.61. The third-order valence-electron chi connectivity index (χ3n) is 4.30. The van der Waals surface area contributed by atoms with Crippen LogP contribution in [0.3, 0.4) is 0 Å². The van der Waals surface area contributed by atoms with Gasteiger partial charge in [0, 0.05) is 23.3 Å². The topological polar surface area (TPSA) is 16.1 Å². The second-order valence-corrected chi connectivity index (χ2v) is 7.18. The van der Waals surface area contributed by atoms with Crippen LogP contribution >= 0.6 is 31.9 Å². The molecule has 1 aliphatic heterocycles. The van der Waals surface area contributed by atoms with Crippen LogP contribution < -0.4 is 4.90 Å². The van der Waals surface area contributed by atoms with Crippen molar-refractivity contribution in [2.45, 2.75) is 44.6 Å². The zero-order chi connectivity index (χ0) is 12.5. The van der Waals surface area contributed by atoms with Crippen LogP contribution in [0.1, 0.15) is 38.5 Å². The standard InChI is InChI=1S/C14H18Br2N2/c15-11-8-12(16)14(17-9-11)18-7-3-6-13(18)10-4-1-2-5-10/h8-10,13H,1-7H2. The van der Waals surface area contributed by atoms with Crippen molar-refractivity contribution >= 4 is 37.7 Å². The van der Waals surface area contributed by atoms with E-state index in [1.165, 1.54) is 38.5 Å². The molecule has 98 valence electrons. The highest BCUT2D eigenvalue weighted by atomic mass is 79.9. The zero-order valence-corrected chi connectivity index (χ0v) is 13.6. The minimum absolute atomic E-state index is 0.720. The summed E-state index contributed by atoms with van der Waals surface area (Å²) in [4.78, 5) is 7.15. The summed E-state index contributed by atoms with van der Waals surface area (Å²) in [6.07, 6.45) is 10.2. The Balaban J connectivity index is 1.85. The molecule has 1 aromatic heterocycles. The monoisotopic (exact) mass is 372 g/mol. The molecule has 0 spiro atoms. The molecule has 2 aliphatic rings. The minimum atomic E-state index is 0.720. The molecule has 1 saturated heterocycles. The normalized spacial score (nSPS) is 25.0. The van der Waals surface area contributed by atoms with Gasteiger partial charge in [-0.05, 0) is 69.5 Å². The smallest absolute Gasteiger partial charge is 0.143 e. The van der Waals surface area contributed by atoms with Gasteiger partial charge in [-0.2, -0.15) is 0 Å². The molecule has 3 rings (SSSR count). The fourth-order valence-corrected chi connectivity index (χ4v) is 4.72. The van der Waals surface area contributed by atoms with E-state index in [1.807, 2.05) is 6.20 Å². The molecule has 1 unspecified atom stereocenters. The van der Waals surface area contributed by atoms with Crippen molar-refractivity contribution in [2.24, 2.45) is 5.92 Å². The molecule has 0 aromatic carbocycles. The second kappa shape index (κ2) is 5.49. The molecule has 1 aromatic rings. The summed E-state index contributed by atoms with van der Waals surface area (Å²) in [6, 6.07) is 2.82. The largest absolute Gasteiger partial charge is 0.352 e. The maximum Gasteiger partial charge on any atom is 0.143 e. The van der Waals surface area contributed by atoms with Gasteiger partial charge in [-0.15, -0.1) is 0 Å². The molecule has 2 nitrogen and oxygen atoms in total. The van der Waals surface area contributed by atoms with Gasteiger partial charge >= 0.3 is 0 Å².